The van der Waals surface area contributed by atoms with Crippen LogP contribution in [-0.4, -0.2) is 11.2 Å². The quantitative estimate of drug-likeness (QED) is 0.358. The Morgan fingerprint density at radius 1 is 0.750 bits per heavy atom. The molecule has 28 heavy (non-hydrogen) atoms. The van der Waals surface area contributed by atoms with Crippen LogP contribution in [0.2, 0.25) is 0 Å². The van der Waals surface area contributed by atoms with Gasteiger partial charge in [-0.1, -0.05) is 80.6 Å². The lowest BCUT2D eigenvalue weighted by atomic mass is 10.0. The maximum Gasteiger partial charge on any atom is 0.0820 e. The third-order valence-corrected chi connectivity index (χ3v) is 5.13. The van der Waals surface area contributed by atoms with Crippen molar-refractivity contribution in [3.05, 3.63) is 95.7 Å². The fourth-order valence-electron chi connectivity index (χ4n) is 3.63. The summed E-state index contributed by atoms with van der Waals surface area (Å²) in [6.07, 6.45) is 3.84. The van der Waals surface area contributed by atoms with Gasteiger partial charge in [0.25, 0.3) is 0 Å². The lowest BCUT2D eigenvalue weighted by molar-refractivity contribution is 1.08. The van der Waals surface area contributed by atoms with Crippen molar-refractivity contribution in [3.8, 4) is 11.3 Å². The summed E-state index contributed by atoms with van der Waals surface area (Å²) >= 11 is 0. The highest BCUT2D eigenvalue weighted by molar-refractivity contribution is 5.96. The van der Waals surface area contributed by atoms with Gasteiger partial charge >= 0.3 is 0 Å². The Labute approximate surface area is 166 Å². The van der Waals surface area contributed by atoms with Crippen molar-refractivity contribution in [1.82, 2.24) is 4.98 Å². The molecule has 4 aromatic rings. The number of para-hydroxylation sites is 1. The topological polar surface area (TPSA) is 25.2 Å². The van der Waals surface area contributed by atoms with Crippen molar-refractivity contribution in [2.75, 3.05) is 0 Å². The van der Waals surface area contributed by atoms with Crippen LogP contribution in [0.4, 0.5) is 5.69 Å². The van der Waals surface area contributed by atoms with Crippen LogP contribution < -0.4 is 0 Å². The molecule has 0 aliphatic heterocycles. The second kappa shape index (κ2) is 8.18. The summed E-state index contributed by atoms with van der Waals surface area (Å²) in [6, 6.07) is 27.4. The van der Waals surface area contributed by atoms with Crippen LogP contribution in [0.25, 0.3) is 22.0 Å². The number of nitrogens with zero attached hydrogens (tertiary/aromatic N) is 2. The van der Waals surface area contributed by atoms with Gasteiger partial charge in [-0.3, -0.25) is 4.99 Å². The zero-order valence-electron chi connectivity index (χ0n) is 16.4. The molecule has 2 heteroatoms. The maximum absolute atomic E-state index is 4.87. The van der Waals surface area contributed by atoms with Crippen molar-refractivity contribution in [3.63, 3.8) is 0 Å². The molecule has 0 saturated heterocycles. The van der Waals surface area contributed by atoms with Gasteiger partial charge in [0.05, 0.1) is 23.3 Å². The average Bonchev–Trinajstić information content (AvgIpc) is 2.77. The zero-order valence-corrected chi connectivity index (χ0v) is 16.4. The highest BCUT2D eigenvalue weighted by Gasteiger charge is 2.06. The summed E-state index contributed by atoms with van der Waals surface area (Å²) in [5, 5.41) is 2.45. The average molecular weight is 364 g/mol. The highest BCUT2D eigenvalue weighted by Crippen LogP contribution is 2.28. The molecule has 1 aromatic heterocycles. The minimum Gasteiger partial charge on any atom is -0.254 e. The number of rotatable bonds is 5. The minimum atomic E-state index is 0.874. The summed E-state index contributed by atoms with van der Waals surface area (Å²) in [7, 11) is 0. The normalized spacial score (nSPS) is 11.4. The third-order valence-electron chi connectivity index (χ3n) is 5.13. The van der Waals surface area contributed by atoms with Crippen molar-refractivity contribution in [2.45, 2.75) is 26.7 Å². The van der Waals surface area contributed by atoms with E-state index in [1.807, 2.05) is 12.3 Å². The second-order valence-electron chi connectivity index (χ2n) is 6.86. The van der Waals surface area contributed by atoms with Crippen LogP contribution in [-0.2, 0) is 12.8 Å². The lowest BCUT2D eigenvalue weighted by Crippen LogP contribution is -1.93. The smallest absolute Gasteiger partial charge is 0.0820 e. The van der Waals surface area contributed by atoms with Gasteiger partial charge in [0, 0.05) is 5.56 Å². The predicted octanol–water partition coefficient (Wildman–Crippen LogP) is 6.78. The molecule has 0 amide bonds. The number of aryl methyl sites for hydroxylation is 2. The first-order chi connectivity index (χ1) is 13.8. The van der Waals surface area contributed by atoms with Crippen LogP contribution in [0.3, 0.4) is 0 Å². The minimum absolute atomic E-state index is 0.874. The van der Waals surface area contributed by atoms with E-state index in [0.29, 0.717) is 0 Å². The Hall–Kier alpha value is -3.26. The van der Waals surface area contributed by atoms with E-state index in [1.165, 1.54) is 21.9 Å². The molecule has 0 N–H and O–H groups in total. The van der Waals surface area contributed by atoms with E-state index in [2.05, 4.69) is 86.6 Å². The molecule has 2 nitrogen and oxygen atoms in total. The van der Waals surface area contributed by atoms with E-state index in [0.717, 1.165) is 35.5 Å². The SMILES string of the molecule is CCc1cccc(CC)c1N=Cc1cccc(-c2cccc3ccccc23)n1. The summed E-state index contributed by atoms with van der Waals surface area (Å²) < 4.78 is 0. The van der Waals surface area contributed by atoms with Gasteiger partial charge < -0.3 is 0 Å². The molecule has 138 valence electrons. The second-order valence-corrected chi connectivity index (χ2v) is 6.86. The first kappa shape index (κ1) is 18.1. The van der Waals surface area contributed by atoms with Gasteiger partial charge in [-0.15, -0.1) is 0 Å². The van der Waals surface area contributed by atoms with Gasteiger partial charge in [-0.2, -0.15) is 0 Å². The molecular formula is C26H24N2. The number of pyridine rings is 1. The van der Waals surface area contributed by atoms with Crippen LogP contribution in [0.15, 0.2) is 83.9 Å². The molecule has 0 aliphatic rings. The molecule has 0 fully saturated rings. The van der Waals surface area contributed by atoms with Crippen molar-refractivity contribution >= 4 is 22.7 Å². The predicted molar refractivity (Wildman–Crippen MR) is 120 cm³/mol. The summed E-state index contributed by atoms with van der Waals surface area (Å²) in [5.74, 6) is 0. The molecule has 3 aromatic carbocycles. The Balaban J connectivity index is 1.74. The van der Waals surface area contributed by atoms with Gasteiger partial charge in [-0.25, -0.2) is 4.98 Å². The zero-order chi connectivity index (χ0) is 19.3. The molecule has 0 radical (unpaired) electrons. The van der Waals surface area contributed by atoms with Gasteiger partial charge in [0.15, 0.2) is 0 Å². The van der Waals surface area contributed by atoms with Gasteiger partial charge in [0.2, 0.25) is 0 Å². The molecule has 1 heterocycles. The van der Waals surface area contributed by atoms with Crippen LogP contribution in [0.5, 0.6) is 0 Å². The molecule has 4 rings (SSSR count). The largest absolute Gasteiger partial charge is 0.254 e. The Morgan fingerprint density at radius 2 is 1.43 bits per heavy atom. The van der Waals surface area contributed by atoms with Crippen LogP contribution >= 0.6 is 0 Å². The first-order valence-electron chi connectivity index (χ1n) is 9.90. The van der Waals surface area contributed by atoms with Gasteiger partial charge in [0.1, 0.15) is 0 Å². The first-order valence-corrected chi connectivity index (χ1v) is 9.90. The molecule has 0 spiro atoms. The maximum atomic E-state index is 4.87. The fourth-order valence-corrected chi connectivity index (χ4v) is 3.63. The van der Waals surface area contributed by atoms with E-state index >= 15 is 0 Å². The van der Waals surface area contributed by atoms with Crippen molar-refractivity contribution in [2.24, 2.45) is 4.99 Å². The molecular weight excluding hydrogens is 340 g/mol. The van der Waals surface area contributed by atoms with Gasteiger partial charge in [-0.05, 0) is 46.9 Å². The third kappa shape index (κ3) is 3.59. The van der Waals surface area contributed by atoms with E-state index in [1.54, 1.807) is 0 Å². The van der Waals surface area contributed by atoms with E-state index in [9.17, 15) is 0 Å². The number of fused-ring (bicyclic) bond motifs is 1. The monoisotopic (exact) mass is 364 g/mol. The van der Waals surface area contributed by atoms with E-state index in [4.69, 9.17) is 9.98 Å². The summed E-state index contributed by atoms with van der Waals surface area (Å²) in [6.45, 7) is 4.35. The number of benzene rings is 3. The Bertz CT molecular complexity index is 1110. The molecule has 0 bridgehead atoms. The summed E-state index contributed by atoms with van der Waals surface area (Å²) in [5.41, 5.74) is 6.64. The Kier molecular flexibility index (Phi) is 5.29. The standard InChI is InChI=1S/C26H24N2/c1-3-19-11-7-12-20(4-2)26(19)27-18-22-14-9-17-25(28-22)24-16-8-13-21-10-5-6-15-23(21)24/h5-18H,3-4H2,1-2H3. The van der Waals surface area contributed by atoms with Crippen molar-refractivity contribution in [1.29, 1.82) is 0 Å². The Morgan fingerprint density at radius 3 is 2.21 bits per heavy atom. The molecule has 0 atom stereocenters. The molecule has 0 saturated carbocycles. The van der Waals surface area contributed by atoms with Crippen molar-refractivity contribution < 1.29 is 0 Å². The lowest BCUT2D eigenvalue weighted by Gasteiger charge is -2.09. The highest BCUT2D eigenvalue weighted by atomic mass is 14.8. The van der Waals surface area contributed by atoms with Crippen LogP contribution in [0, 0.1) is 0 Å². The van der Waals surface area contributed by atoms with Crippen LogP contribution in [0.1, 0.15) is 30.7 Å². The fraction of sp³-hybridized carbons (Fsp3) is 0.154. The summed E-state index contributed by atoms with van der Waals surface area (Å²) in [4.78, 5) is 9.70. The van der Waals surface area contributed by atoms with E-state index < -0.39 is 0 Å². The number of aliphatic imine (C=N–C) groups is 1. The molecule has 0 aliphatic carbocycles. The number of hydrogen-bond acceptors (Lipinski definition) is 2. The number of aromatic nitrogens is 1. The van der Waals surface area contributed by atoms with E-state index in [-0.39, 0.29) is 0 Å². The molecule has 0 unspecified atom stereocenters. The number of hydrogen-bond donors (Lipinski definition) is 0.